The van der Waals surface area contributed by atoms with Crippen LogP contribution in [0.15, 0.2) is 12.7 Å². The molecule has 0 spiro atoms. The molecule has 1 aliphatic rings. The maximum absolute atomic E-state index is 5.82. The quantitative estimate of drug-likeness (QED) is 0.516. The van der Waals surface area contributed by atoms with Crippen molar-refractivity contribution in [2.24, 2.45) is 5.92 Å². The van der Waals surface area contributed by atoms with Crippen LogP contribution in [0.25, 0.3) is 0 Å². The van der Waals surface area contributed by atoms with Crippen LogP contribution in [0.1, 0.15) is 20.3 Å². The molecule has 0 saturated carbocycles. The van der Waals surface area contributed by atoms with Gasteiger partial charge in [0.1, 0.15) is 0 Å². The highest BCUT2D eigenvalue weighted by Crippen LogP contribution is 2.31. The normalized spacial score (nSPS) is 25.9. The van der Waals surface area contributed by atoms with Gasteiger partial charge in [-0.1, -0.05) is 6.08 Å². The summed E-state index contributed by atoms with van der Waals surface area (Å²) in [7, 11) is 3.26. The maximum Gasteiger partial charge on any atom is 0.163 e. The Balaban J connectivity index is 2.66. The van der Waals surface area contributed by atoms with Crippen molar-refractivity contribution in [1.82, 2.24) is 0 Å². The van der Waals surface area contributed by atoms with Crippen LogP contribution in [0.4, 0.5) is 0 Å². The molecule has 0 unspecified atom stereocenters. The predicted molar refractivity (Wildman–Crippen MR) is 61.0 cm³/mol. The molecule has 16 heavy (non-hydrogen) atoms. The van der Waals surface area contributed by atoms with Gasteiger partial charge in [0.05, 0.1) is 12.7 Å². The largest absolute Gasteiger partial charge is 0.356 e. The zero-order chi connectivity index (χ0) is 12.2. The van der Waals surface area contributed by atoms with E-state index in [0.717, 1.165) is 6.42 Å². The van der Waals surface area contributed by atoms with E-state index in [0.29, 0.717) is 6.61 Å². The Hall–Kier alpha value is -0.420. The third-order valence-electron chi connectivity index (χ3n) is 2.76. The second-order valence-electron chi connectivity index (χ2n) is 4.40. The predicted octanol–water partition coefficient (Wildman–Crippen LogP) is 1.95. The second-order valence-corrected chi connectivity index (χ2v) is 4.40. The summed E-state index contributed by atoms with van der Waals surface area (Å²) < 4.78 is 21.9. The van der Waals surface area contributed by atoms with Gasteiger partial charge in [0.25, 0.3) is 0 Å². The highest BCUT2D eigenvalue weighted by Gasteiger charge is 2.40. The summed E-state index contributed by atoms with van der Waals surface area (Å²) in [6, 6.07) is 0. The van der Waals surface area contributed by atoms with Gasteiger partial charge in [-0.05, 0) is 20.3 Å². The van der Waals surface area contributed by atoms with Crippen molar-refractivity contribution in [3.8, 4) is 0 Å². The van der Waals surface area contributed by atoms with E-state index in [1.165, 1.54) is 0 Å². The Morgan fingerprint density at radius 3 is 2.44 bits per heavy atom. The van der Waals surface area contributed by atoms with E-state index in [-0.39, 0.29) is 18.3 Å². The van der Waals surface area contributed by atoms with Crippen molar-refractivity contribution in [2.45, 2.75) is 38.4 Å². The average Bonchev–Trinajstić information content (AvgIpc) is 2.59. The molecule has 94 valence electrons. The first-order valence-corrected chi connectivity index (χ1v) is 5.52. The highest BCUT2D eigenvalue weighted by molar-refractivity contribution is 4.85. The Morgan fingerprint density at radius 1 is 1.44 bits per heavy atom. The summed E-state index contributed by atoms with van der Waals surface area (Å²) >= 11 is 0. The lowest BCUT2D eigenvalue weighted by molar-refractivity contribution is -0.185. The van der Waals surface area contributed by atoms with E-state index in [9.17, 15) is 0 Å². The van der Waals surface area contributed by atoms with E-state index in [1.54, 1.807) is 14.2 Å². The fourth-order valence-electron chi connectivity index (χ4n) is 2.00. The van der Waals surface area contributed by atoms with E-state index in [4.69, 9.17) is 18.9 Å². The van der Waals surface area contributed by atoms with Gasteiger partial charge in [0.15, 0.2) is 12.1 Å². The molecule has 1 heterocycles. The number of allylic oxidation sites excluding steroid dienone is 1. The van der Waals surface area contributed by atoms with E-state index >= 15 is 0 Å². The molecule has 1 saturated heterocycles. The van der Waals surface area contributed by atoms with Gasteiger partial charge in [-0.25, -0.2) is 0 Å². The number of rotatable bonds is 6. The molecule has 0 aromatic rings. The molecular formula is C12H22O4. The first-order valence-electron chi connectivity index (χ1n) is 5.52. The Morgan fingerprint density at radius 2 is 2.06 bits per heavy atom. The SMILES string of the molecule is C=CC[C@@H](C(OC)OC)[C@H]1COC(C)(C)O1. The van der Waals surface area contributed by atoms with Crippen LogP contribution >= 0.6 is 0 Å². The van der Waals surface area contributed by atoms with Crippen molar-refractivity contribution in [3.05, 3.63) is 12.7 Å². The Kier molecular flexibility index (Phi) is 4.92. The molecule has 1 rings (SSSR count). The zero-order valence-corrected chi connectivity index (χ0v) is 10.6. The smallest absolute Gasteiger partial charge is 0.163 e. The van der Waals surface area contributed by atoms with Gasteiger partial charge in [-0.2, -0.15) is 0 Å². The molecule has 4 nitrogen and oxygen atoms in total. The van der Waals surface area contributed by atoms with E-state index in [2.05, 4.69) is 6.58 Å². The summed E-state index contributed by atoms with van der Waals surface area (Å²) in [5, 5.41) is 0. The highest BCUT2D eigenvalue weighted by atomic mass is 16.7. The minimum absolute atomic E-state index is 0.0158. The van der Waals surface area contributed by atoms with Crippen molar-refractivity contribution >= 4 is 0 Å². The van der Waals surface area contributed by atoms with Gasteiger partial charge in [0.2, 0.25) is 0 Å². The summed E-state index contributed by atoms with van der Waals surface area (Å²) in [4.78, 5) is 0. The molecule has 0 amide bonds. The van der Waals surface area contributed by atoms with Gasteiger partial charge in [0, 0.05) is 20.1 Å². The monoisotopic (exact) mass is 230 g/mol. The van der Waals surface area contributed by atoms with Crippen LogP contribution in [0, 0.1) is 5.92 Å². The third-order valence-corrected chi connectivity index (χ3v) is 2.76. The summed E-state index contributed by atoms with van der Waals surface area (Å²) in [5.74, 6) is -0.412. The number of ether oxygens (including phenoxy) is 4. The van der Waals surface area contributed by atoms with Crippen LogP contribution in [-0.4, -0.2) is 39.0 Å². The fourth-order valence-corrected chi connectivity index (χ4v) is 2.00. The number of hydrogen-bond donors (Lipinski definition) is 0. The lowest BCUT2D eigenvalue weighted by Crippen LogP contribution is -2.36. The van der Waals surface area contributed by atoms with Crippen LogP contribution in [0.3, 0.4) is 0 Å². The molecule has 0 bridgehead atoms. The van der Waals surface area contributed by atoms with Crippen LogP contribution < -0.4 is 0 Å². The molecule has 0 N–H and O–H groups in total. The van der Waals surface area contributed by atoms with Crippen LogP contribution in [0.5, 0.6) is 0 Å². The minimum Gasteiger partial charge on any atom is -0.356 e. The Labute approximate surface area is 97.5 Å². The van der Waals surface area contributed by atoms with Crippen LogP contribution in [-0.2, 0) is 18.9 Å². The minimum atomic E-state index is -0.518. The first-order chi connectivity index (χ1) is 7.54. The average molecular weight is 230 g/mol. The summed E-state index contributed by atoms with van der Waals surface area (Å²) in [5.41, 5.74) is 0. The van der Waals surface area contributed by atoms with E-state index in [1.807, 2.05) is 19.9 Å². The van der Waals surface area contributed by atoms with Crippen molar-refractivity contribution in [3.63, 3.8) is 0 Å². The molecule has 2 atom stereocenters. The number of methoxy groups -OCH3 is 2. The second kappa shape index (κ2) is 5.77. The molecule has 0 aromatic heterocycles. The Bertz CT molecular complexity index is 223. The lowest BCUT2D eigenvalue weighted by Gasteiger charge is -2.28. The zero-order valence-electron chi connectivity index (χ0n) is 10.6. The summed E-state index contributed by atoms with van der Waals surface area (Å²) in [6.45, 7) is 8.13. The maximum atomic E-state index is 5.82. The lowest BCUT2D eigenvalue weighted by atomic mass is 9.98. The fraction of sp³-hybridized carbons (Fsp3) is 0.833. The van der Waals surface area contributed by atoms with Gasteiger partial charge >= 0.3 is 0 Å². The molecule has 0 aromatic carbocycles. The number of hydrogen-bond acceptors (Lipinski definition) is 4. The molecule has 0 aliphatic carbocycles. The van der Waals surface area contributed by atoms with E-state index < -0.39 is 5.79 Å². The molecule has 1 aliphatic heterocycles. The standard InChI is InChI=1S/C12H22O4/c1-6-7-9(11(13-4)14-5)10-8-15-12(2,3)16-10/h6,9-11H,1,7-8H2,2-5H3/t9-,10-/m1/s1. The van der Waals surface area contributed by atoms with Crippen molar-refractivity contribution in [2.75, 3.05) is 20.8 Å². The van der Waals surface area contributed by atoms with Crippen molar-refractivity contribution < 1.29 is 18.9 Å². The van der Waals surface area contributed by atoms with Gasteiger partial charge in [-0.3, -0.25) is 0 Å². The molecular weight excluding hydrogens is 208 g/mol. The third kappa shape index (κ3) is 3.28. The van der Waals surface area contributed by atoms with Crippen molar-refractivity contribution in [1.29, 1.82) is 0 Å². The van der Waals surface area contributed by atoms with Gasteiger partial charge < -0.3 is 18.9 Å². The topological polar surface area (TPSA) is 36.9 Å². The van der Waals surface area contributed by atoms with Crippen LogP contribution in [0.2, 0.25) is 0 Å². The first kappa shape index (κ1) is 13.6. The molecule has 4 heteroatoms. The summed E-state index contributed by atoms with van der Waals surface area (Å²) in [6.07, 6.45) is 2.32. The van der Waals surface area contributed by atoms with Gasteiger partial charge in [-0.15, -0.1) is 6.58 Å². The molecule has 1 fully saturated rings. The molecule has 0 radical (unpaired) electrons.